The Hall–Kier alpha value is -1.88. The number of halogens is 2. The molecule has 4 nitrogen and oxygen atoms in total. The molecule has 2 aliphatic heterocycles. The highest BCUT2D eigenvalue weighted by molar-refractivity contribution is 5.94. The first-order valence-corrected chi connectivity index (χ1v) is 8.59. The topological polar surface area (TPSA) is 46.9 Å². The van der Waals surface area contributed by atoms with Crippen LogP contribution in [-0.2, 0) is 6.54 Å². The zero-order chi connectivity index (χ0) is 16.1. The molecule has 1 N–H and O–H groups in total. The number of nitrogens with zero attached hydrogens (tertiary/aromatic N) is 2. The summed E-state index contributed by atoms with van der Waals surface area (Å²) in [5.74, 6) is 1.01. The zero-order valence-corrected chi connectivity index (χ0v) is 15.9. The molecule has 1 fully saturated rings. The highest BCUT2D eigenvalue weighted by atomic mass is 35.5. The molecule has 0 aliphatic carbocycles. The molecule has 2 bridgehead atoms. The van der Waals surface area contributed by atoms with Crippen LogP contribution in [0.4, 0.5) is 0 Å². The second kappa shape index (κ2) is 7.39. The monoisotopic (exact) mass is 389 g/mol. The molecular weight excluding hydrogens is 369 g/mol. The first-order chi connectivity index (χ1) is 11.8. The quantitative estimate of drug-likeness (QED) is 0.691. The SMILES string of the molecule is Cl.Cl.O=c1cc(-c2nccc3ccccc23)cc2n1C[C@@H]1CNC[C@H]2C1. The van der Waals surface area contributed by atoms with Crippen LogP contribution in [0.3, 0.4) is 0 Å². The Balaban J connectivity index is 0.000000980. The van der Waals surface area contributed by atoms with Gasteiger partial charge in [-0.3, -0.25) is 9.78 Å². The average molecular weight is 390 g/mol. The summed E-state index contributed by atoms with van der Waals surface area (Å²) in [7, 11) is 0. The summed E-state index contributed by atoms with van der Waals surface area (Å²) in [4.78, 5) is 17.3. The average Bonchev–Trinajstić information content (AvgIpc) is 2.62. The second-order valence-electron chi connectivity index (χ2n) is 6.96. The Labute approximate surface area is 164 Å². The summed E-state index contributed by atoms with van der Waals surface area (Å²) in [6, 6.07) is 14.2. The number of hydrogen-bond acceptors (Lipinski definition) is 3. The molecule has 26 heavy (non-hydrogen) atoms. The molecule has 4 heterocycles. The maximum Gasteiger partial charge on any atom is 0.251 e. The van der Waals surface area contributed by atoms with Crippen molar-refractivity contribution < 1.29 is 0 Å². The van der Waals surface area contributed by atoms with Gasteiger partial charge in [-0.15, -0.1) is 24.8 Å². The minimum Gasteiger partial charge on any atom is -0.316 e. The first-order valence-electron chi connectivity index (χ1n) is 8.59. The molecule has 0 saturated carbocycles. The van der Waals surface area contributed by atoms with E-state index in [1.807, 2.05) is 29.0 Å². The van der Waals surface area contributed by atoms with Gasteiger partial charge in [0.05, 0.1) is 5.69 Å². The van der Waals surface area contributed by atoms with Crippen LogP contribution in [-0.4, -0.2) is 22.6 Å². The number of benzene rings is 1. The Morgan fingerprint density at radius 3 is 2.81 bits per heavy atom. The molecule has 2 atom stereocenters. The molecule has 2 aliphatic rings. The van der Waals surface area contributed by atoms with Crippen molar-refractivity contribution in [3.8, 4) is 11.3 Å². The van der Waals surface area contributed by atoms with Crippen molar-refractivity contribution in [3.63, 3.8) is 0 Å². The molecule has 0 amide bonds. The number of piperidine rings is 1. The summed E-state index contributed by atoms with van der Waals surface area (Å²) >= 11 is 0. The smallest absolute Gasteiger partial charge is 0.251 e. The molecule has 0 unspecified atom stereocenters. The summed E-state index contributed by atoms with van der Waals surface area (Å²) in [5.41, 5.74) is 3.11. The van der Waals surface area contributed by atoms with E-state index in [1.54, 1.807) is 6.07 Å². The lowest BCUT2D eigenvalue weighted by Crippen LogP contribution is -2.44. The molecular formula is C20H21Cl2N3O. The van der Waals surface area contributed by atoms with Crippen molar-refractivity contribution >= 4 is 35.6 Å². The molecule has 0 spiro atoms. The summed E-state index contributed by atoms with van der Waals surface area (Å²) in [5, 5.41) is 5.75. The van der Waals surface area contributed by atoms with Gasteiger partial charge in [0.2, 0.25) is 0 Å². The summed E-state index contributed by atoms with van der Waals surface area (Å²) < 4.78 is 1.98. The predicted molar refractivity (Wildman–Crippen MR) is 110 cm³/mol. The van der Waals surface area contributed by atoms with Gasteiger partial charge < -0.3 is 9.88 Å². The summed E-state index contributed by atoms with van der Waals surface area (Å²) in [6.45, 7) is 2.82. The van der Waals surface area contributed by atoms with Gasteiger partial charge in [-0.1, -0.05) is 24.3 Å². The number of aromatic nitrogens is 2. The Kier molecular flexibility index (Phi) is 5.37. The van der Waals surface area contributed by atoms with E-state index in [1.165, 1.54) is 6.42 Å². The van der Waals surface area contributed by atoms with Crippen molar-refractivity contribution in [1.82, 2.24) is 14.9 Å². The van der Waals surface area contributed by atoms with Gasteiger partial charge in [-0.2, -0.15) is 0 Å². The molecule has 136 valence electrons. The predicted octanol–water partition coefficient (Wildman–Crippen LogP) is 3.61. The van der Waals surface area contributed by atoms with E-state index < -0.39 is 0 Å². The van der Waals surface area contributed by atoms with Gasteiger partial charge in [0.25, 0.3) is 5.56 Å². The molecule has 5 rings (SSSR count). The molecule has 1 saturated heterocycles. The third-order valence-corrected chi connectivity index (χ3v) is 5.41. The van der Waals surface area contributed by atoms with E-state index >= 15 is 0 Å². The van der Waals surface area contributed by atoms with Gasteiger partial charge in [-0.05, 0) is 36.4 Å². The fourth-order valence-corrected chi connectivity index (χ4v) is 4.29. The van der Waals surface area contributed by atoms with E-state index in [2.05, 4.69) is 28.5 Å². The maximum atomic E-state index is 12.7. The van der Waals surface area contributed by atoms with Crippen LogP contribution in [0.5, 0.6) is 0 Å². The van der Waals surface area contributed by atoms with Crippen molar-refractivity contribution in [3.05, 3.63) is 64.7 Å². The Morgan fingerprint density at radius 2 is 1.92 bits per heavy atom. The highest BCUT2D eigenvalue weighted by Gasteiger charge is 2.31. The van der Waals surface area contributed by atoms with Crippen LogP contribution in [0.15, 0.2) is 53.5 Å². The third kappa shape index (κ3) is 3.02. The van der Waals surface area contributed by atoms with Crippen LogP contribution in [0, 0.1) is 5.92 Å². The minimum absolute atomic E-state index is 0. The first kappa shape index (κ1) is 18.9. The van der Waals surface area contributed by atoms with Crippen LogP contribution >= 0.6 is 24.8 Å². The number of fused-ring (bicyclic) bond motifs is 5. The van der Waals surface area contributed by atoms with Crippen molar-refractivity contribution in [1.29, 1.82) is 0 Å². The zero-order valence-electron chi connectivity index (χ0n) is 14.2. The van der Waals surface area contributed by atoms with E-state index in [4.69, 9.17) is 0 Å². The number of pyridine rings is 2. The lowest BCUT2D eigenvalue weighted by Gasteiger charge is -2.37. The molecule has 3 aromatic rings. The lowest BCUT2D eigenvalue weighted by atomic mass is 9.83. The normalized spacial score (nSPS) is 20.6. The largest absolute Gasteiger partial charge is 0.316 e. The van der Waals surface area contributed by atoms with Crippen LogP contribution in [0.2, 0.25) is 0 Å². The Bertz CT molecular complexity index is 997. The molecule has 2 aromatic heterocycles. The Morgan fingerprint density at radius 1 is 1.08 bits per heavy atom. The van der Waals surface area contributed by atoms with E-state index in [-0.39, 0.29) is 30.4 Å². The number of hydrogen-bond donors (Lipinski definition) is 1. The van der Waals surface area contributed by atoms with Gasteiger partial charge in [0.1, 0.15) is 0 Å². The van der Waals surface area contributed by atoms with Crippen molar-refractivity contribution in [2.24, 2.45) is 5.92 Å². The fraction of sp³-hybridized carbons (Fsp3) is 0.300. The lowest BCUT2D eigenvalue weighted by molar-refractivity contribution is 0.257. The standard InChI is InChI=1S/C20H19N3O.2ClH/c24-19-9-15(20-17-4-2-1-3-14(17)5-6-22-20)8-18-16-7-13(10-21-11-16)12-23(18)19;;/h1-6,8-9,13,16,21H,7,10-12H2;2*1H/t13-,16+;;/m0../s1. The highest BCUT2D eigenvalue weighted by Crippen LogP contribution is 2.34. The van der Waals surface area contributed by atoms with Crippen molar-refractivity contribution in [2.75, 3.05) is 13.1 Å². The third-order valence-electron chi connectivity index (χ3n) is 5.41. The van der Waals surface area contributed by atoms with Crippen molar-refractivity contribution in [2.45, 2.75) is 18.9 Å². The summed E-state index contributed by atoms with van der Waals surface area (Å²) in [6.07, 6.45) is 3.01. The van der Waals surface area contributed by atoms with Crippen LogP contribution in [0.25, 0.3) is 22.0 Å². The second-order valence-corrected chi connectivity index (χ2v) is 6.96. The van der Waals surface area contributed by atoms with Gasteiger partial charge >= 0.3 is 0 Å². The van der Waals surface area contributed by atoms with Crippen LogP contribution in [0.1, 0.15) is 18.0 Å². The van der Waals surface area contributed by atoms with E-state index in [0.717, 1.165) is 47.4 Å². The van der Waals surface area contributed by atoms with E-state index in [9.17, 15) is 4.79 Å². The molecule has 6 heteroatoms. The molecule has 1 aromatic carbocycles. The maximum absolute atomic E-state index is 12.7. The van der Waals surface area contributed by atoms with Gasteiger partial charge in [-0.25, -0.2) is 0 Å². The van der Waals surface area contributed by atoms with Gasteiger partial charge in [0, 0.05) is 47.9 Å². The molecule has 0 radical (unpaired) electrons. The van der Waals surface area contributed by atoms with Crippen LogP contribution < -0.4 is 10.9 Å². The number of rotatable bonds is 1. The number of nitrogens with one attached hydrogen (secondary N) is 1. The minimum atomic E-state index is 0. The fourth-order valence-electron chi connectivity index (χ4n) is 4.29. The van der Waals surface area contributed by atoms with Gasteiger partial charge in [0.15, 0.2) is 0 Å². The van der Waals surface area contributed by atoms with E-state index in [0.29, 0.717) is 11.8 Å².